The van der Waals surface area contributed by atoms with Gasteiger partial charge in [0, 0.05) is 25.7 Å². The maximum atomic E-state index is 13.8. The largest absolute Gasteiger partial charge is 0.340 e. The Kier molecular flexibility index (Phi) is 5.02. The lowest BCUT2D eigenvalue weighted by atomic mass is 10.1. The van der Waals surface area contributed by atoms with Gasteiger partial charge in [-0.15, -0.1) is 0 Å². The van der Waals surface area contributed by atoms with Gasteiger partial charge in [-0.1, -0.05) is 0 Å². The number of carbonyl (C=O) groups is 1. The van der Waals surface area contributed by atoms with E-state index in [1.807, 2.05) is 6.07 Å². The Balaban J connectivity index is 2.16. The van der Waals surface area contributed by atoms with Crippen LogP contribution in [0.3, 0.4) is 0 Å². The first-order chi connectivity index (χ1) is 10.7. The van der Waals surface area contributed by atoms with Crippen LogP contribution in [0.15, 0.2) is 18.2 Å². The number of carbonyl (C=O) groups excluding carboxylic acids is 1. The van der Waals surface area contributed by atoms with E-state index in [1.54, 1.807) is 0 Å². The van der Waals surface area contributed by atoms with Crippen molar-refractivity contribution in [2.24, 2.45) is 0 Å². The fourth-order valence-electron chi connectivity index (χ4n) is 2.74. The predicted octanol–water partition coefficient (Wildman–Crippen LogP) is 1.08. The molecule has 1 atom stereocenters. The first kappa shape index (κ1) is 17.4. The summed E-state index contributed by atoms with van der Waals surface area (Å²) in [6.45, 7) is 0.301. The van der Waals surface area contributed by atoms with Crippen LogP contribution in [-0.4, -0.2) is 49.4 Å². The normalized spacial score (nSPS) is 18.6. The van der Waals surface area contributed by atoms with Crippen molar-refractivity contribution >= 4 is 15.9 Å². The molecule has 1 aromatic rings. The minimum atomic E-state index is -3.45. The highest BCUT2D eigenvalue weighted by Crippen LogP contribution is 2.23. The summed E-state index contributed by atoms with van der Waals surface area (Å²) < 4.78 is 38.5. The minimum Gasteiger partial charge on any atom is -0.340 e. The number of hydrogen-bond acceptors (Lipinski definition) is 4. The number of hydrogen-bond donors (Lipinski definition) is 0. The number of rotatable bonds is 4. The van der Waals surface area contributed by atoms with Crippen LogP contribution in [0.1, 0.15) is 24.0 Å². The molecule has 1 fully saturated rings. The molecule has 2 rings (SSSR count). The SMILES string of the molecule is CN(Cc1cc(C#N)ccc1F)C(=O)[C@H]1CCCN1S(C)(=O)=O. The van der Waals surface area contributed by atoms with Crippen LogP contribution in [0.25, 0.3) is 0 Å². The molecule has 6 nitrogen and oxygen atoms in total. The van der Waals surface area contributed by atoms with Gasteiger partial charge < -0.3 is 4.90 Å². The highest BCUT2D eigenvalue weighted by atomic mass is 32.2. The van der Waals surface area contributed by atoms with E-state index >= 15 is 0 Å². The molecule has 1 heterocycles. The molecule has 1 aliphatic heterocycles. The zero-order valence-corrected chi connectivity index (χ0v) is 13.8. The van der Waals surface area contributed by atoms with Gasteiger partial charge in [0.15, 0.2) is 0 Å². The lowest BCUT2D eigenvalue weighted by Gasteiger charge is -2.26. The zero-order valence-electron chi connectivity index (χ0n) is 13.0. The fourth-order valence-corrected chi connectivity index (χ4v) is 3.86. The summed E-state index contributed by atoms with van der Waals surface area (Å²) >= 11 is 0. The van der Waals surface area contributed by atoms with Gasteiger partial charge in [0.1, 0.15) is 11.9 Å². The van der Waals surface area contributed by atoms with Crippen LogP contribution in [0.4, 0.5) is 4.39 Å². The third-order valence-electron chi connectivity index (χ3n) is 3.87. The van der Waals surface area contributed by atoms with Crippen LogP contribution in [0.2, 0.25) is 0 Å². The maximum absolute atomic E-state index is 13.8. The lowest BCUT2D eigenvalue weighted by molar-refractivity contribution is -0.133. The summed E-state index contributed by atoms with van der Waals surface area (Å²) in [7, 11) is -1.95. The number of nitriles is 1. The van der Waals surface area contributed by atoms with E-state index in [1.165, 1.54) is 34.5 Å². The molecule has 1 saturated heterocycles. The van der Waals surface area contributed by atoms with Gasteiger partial charge in [0.2, 0.25) is 15.9 Å². The third-order valence-corrected chi connectivity index (χ3v) is 5.16. The van der Waals surface area contributed by atoms with Crippen molar-refractivity contribution in [2.75, 3.05) is 19.8 Å². The Hall–Kier alpha value is -1.98. The quantitative estimate of drug-likeness (QED) is 0.822. The number of sulfonamides is 1. The molecule has 8 heteroatoms. The van der Waals surface area contributed by atoms with Crippen molar-refractivity contribution in [2.45, 2.75) is 25.4 Å². The molecular weight excluding hydrogens is 321 g/mol. The summed E-state index contributed by atoms with van der Waals surface area (Å²) in [5.74, 6) is -0.871. The third kappa shape index (κ3) is 3.86. The summed E-state index contributed by atoms with van der Waals surface area (Å²) in [5, 5.41) is 8.87. The van der Waals surface area contributed by atoms with Crippen LogP contribution >= 0.6 is 0 Å². The standard InChI is InChI=1S/C15H18FN3O3S/c1-18(10-12-8-11(9-17)5-6-13(12)16)15(20)14-4-3-7-19(14)23(2,21)22/h5-6,8,14H,3-4,7,10H2,1-2H3/t14-/m1/s1. The van der Waals surface area contributed by atoms with Crippen LogP contribution < -0.4 is 0 Å². The second-order valence-corrected chi connectivity index (χ2v) is 7.58. The van der Waals surface area contributed by atoms with E-state index < -0.39 is 21.9 Å². The predicted molar refractivity (Wildman–Crippen MR) is 82.2 cm³/mol. The smallest absolute Gasteiger partial charge is 0.241 e. The summed E-state index contributed by atoms with van der Waals surface area (Å²) in [6, 6.07) is 5.12. The average Bonchev–Trinajstić information content (AvgIpc) is 2.98. The monoisotopic (exact) mass is 339 g/mol. The van der Waals surface area contributed by atoms with Crippen molar-refractivity contribution < 1.29 is 17.6 Å². The van der Waals surface area contributed by atoms with Gasteiger partial charge in [0.25, 0.3) is 0 Å². The molecule has 0 radical (unpaired) electrons. The van der Waals surface area contributed by atoms with Crippen LogP contribution in [0, 0.1) is 17.1 Å². The number of amides is 1. The molecule has 0 aliphatic carbocycles. The Morgan fingerprint density at radius 3 is 2.83 bits per heavy atom. The summed E-state index contributed by atoms with van der Waals surface area (Å²) in [6.07, 6.45) is 2.15. The lowest BCUT2D eigenvalue weighted by Crippen LogP contribution is -2.46. The van der Waals surface area contributed by atoms with Gasteiger partial charge in [-0.05, 0) is 31.0 Å². The summed E-state index contributed by atoms with van der Waals surface area (Å²) in [4.78, 5) is 13.8. The Labute approximate surface area is 135 Å². The van der Waals surface area contributed by atoms with Crippen LogP contribution in [0.5, 0.6) is 0 Å². The molecule has 0 N–H and O–H groups in total. The first-order valence-corrected chi connectivity index (χ1v) is 8.99. The molecule has 0 aromatic heterocycles. The molecule has 1 aromatic carbocycles. The fraction of sp³-hybridized carbons (Fsp3) is 0.467. The Bertz CT molecular complexity index is 758. The van der Waals surface area contributed by atoms with Crippen molar-refractivity contribution in [3.05, 3.63) is 35.1 Å². The zero-order chi connectivity index (χ0) is 17.2. The maximum Gasteiger partial charge on any atom is 0.241 e. The van der Waals surface area contributed by atoms with Crippen LogP contribution in [-0.2, 0) is 21.4 Å². The first-order valence-electron chi connectivity index (χ1n) is 7.14. The Morgan fingerprint density at radius 2 is 2.22 bits per heavy atom. The molecule has 124 valence electrons. The minimum absolute atomic E-state index is 0.0196. The number of nitrogens with zero attached hydrogens (tertiary/aromatic N) is 3. The highest BCUT2D eigenvalue weighted by molar-refractivity contribution is 7.88. The van der Waals surface area contributed by atoms with Crippen molar-refractivity contribution in [3.63, 3.8) is 0 Å². The van der Waals surface area contributed by atoms with Gasteiger partial charge in [-0.3, -0.25) is 4.79 Å². The average molecular weight is 339 g/mol. The second-order valence-electron chi connectivity index (χ2n) is 5.64. The van der Waals surface area contributed by atoms with E-state index in [0.29, 0.717) is 24.9 Å². The van der Waals surface area contributed by atoms with Gasteiger partial charge in [-0.25, -0.2) is 12.8 Å². The van der Waals surface area contributed by atoms with Gasteiger partial charge >= 0.3 is 0 Å². The summed E-state index contributed by atoms with van der Waals surface area (Å²) in [5.41, 5.74) is 0.532. The molecule has 0 spiro atoms. The van der Waals surface area contributed by atoms with E-state index in [2.05, 4.69) is 0 Å². The topological polar surface area (TPSA) is 81.5 Å². The number of halogens is 1. The molecule has 1 amide bonds. The molecule has 23 heavy (non-hydrogen) atoms. The van der Waals surface area contributed by atoms with Crippen molar-refractivity contribution in [3.8, 4) is 6.07 Å². The molecule has 0 bridgehead atoms. The number of benzene rings is 1. The highest BCUT2D eigenvalue weighted by Gasteiger charge is 2.37. The second kappa shape index (κ2) is 6.64. The van der Waals surface area contributed by atoms with Crippen molar-refractivity contribution in [1.82, 2.24) is 9.21 Å². The molecule has 0 unspecified atom stereocenters. The molecule has 0 saturated carbocycles. The molecular formula is C15H18FN3O3S. The Morgan fingerprint density at radius 1 is 1.52 bits per heavy atom. The van der Waals surface area contributed by atoms with E-state index in [-0.39, 0.29) is 18.0 Å². The van der Waals surface area contributed by atoms with Gasteiger partial charge in [0.05, 0.1) is 17.9 Å². The van der Waals surface area contributed by atoms with Gasteiger partial charge in [-0.2, -0.15) is 9.57 Å². The van der Waals surface area contributed by atoms with E-state index in [4.69, 9.17) is 5.26 Å². The number of likely N-dealkylation sites (N-methyl/N-ethyl adjacent to an activating group) is 1. The van der Waals surface area contributed by atoms with E-state index in [9.17, 15) is 17.6 Å². The van der Waals surface area contributed by atoms with Crippen molar-refractivity contribution in [1.29, 1.82) is 5.26 Å². The molecule has 1 aliphatic rings. The van der Waals surface area contributed by atoms with E-state index in [0.717, 1.165) is 6.26 Å².